The quantitative estimate of drug-likeness (QED) is 0.370. The number of aryl methyl sites for hydroxylation is 2. The van der Waals surface area contributed by atoms with Crippen LogP contribution in [-0.2, 0) is 6.42 Å². The third-order valence-corrected chi connectivity index (χ3v) is 7.95. The van der Waals surface area contributed by atoms with Crippen LogP contribution in [0.5, 0.6) is 0 Å². The highest BCUT2D eigenvalue weighted by Crippen LogP contribution is 2.37. The van der Waals surface area contributed by atoms with Crippen LogP contribution >= 0.6 is 0 Å². The summed E-state index contributed by atoms with van der Waals surface area (Å²) < 4.78 is 28.3. The highest BCUT2D eigenvalue weighted by Gasteiger charge is 2.23. The molecule has 0 aromatic heterocycles. The molecule has 0 N–H and O–H groups in total. The van der Waals surface area contributed by atoms with Crippen LogP contribution in [0.25, 0.3) is 0 Å². The zero-order chi connectivity index (χ0) is 23.2. The van der Waals surface area contributed by atoms with Crippen LogP contribution in [0, 0.1) is 30.4 Å². The number of allylic oxidation sites excluding steroid dienone is 4. The number of benzene rings is 2. The van der Waals surface area contributed by atoms with Crippen molar-refractivity contribution in [2.75, 3.05) is 0 Å². The fraction of sp³-hybridized carbons (Fsp3) is 0.484. The van der Waals surface area contributed by atoms with Crippen molar-refractivity contribution in [3.05, 3.63) is 94.6 Å². The largest absolute Gasteiger partial charge is 0.203 e. The normalized spacial score (nSPS) is 25.6. The number of hydrogen-bond acceptors (Lipinski definition) is 0. The van der Waals surface area contributed by atoms with E-state index in [0.29, 0.717) is 17.0 Å². The highest BCUT2D eigenvalue weighted by molar-refractivity contribution is 5.35. The van der Waals surface area contributed by atoms with Gasteiger partial charge >= 0.3 is 0 Å². The van der Waals surface area contributed by atoms with Gasteiger partial charge in [-0.3, -0.25) is 0 Å². The molecule has 0 spiro atoms. The Morgan fingerprint density at radius 1 is 0.818 bits per heavy atom. The van der Waals surface area contributed by atoms with Crippen LogP contribution in [0.3, 0.4) is 0 Å². The lowest BCUT2D eigenvalue weighted by Gasteiger charge is -2.25. The van der Waals surface area contributed by atoms with Crippen molar-refractivity contribution in [1.82, 2.24) is 0 Å². The summed E-state index contributed by atoms with van der Waals surface area (Å²) in [7, 11) is 0. The SMILES string of the molecule is CCC1CCC(/C=C/CCc2ccc(C3C=CC(c4ccc(C)c(F)c4F)CC3)cc2)CC1. The third-order valence-electron chi connectivity index (χ3n) is 7.95. The molecule has 2 aliphatic carbocycles. The fourth-order valence-electron chi connectivity index (χ4n) is 5.56. The monoisotopic (exact) mass is 448 g/mol. The van der Waals surface area contributed by atoms with Crippen molar-refractivity contribution < 1.29 is 8.78 Å². The number of hydrogen-bond donors (Lipinski definition) is 0. The summed E-state index contributed by atoms with van der Waals surface area (Å²) in [6.07, 6.45) is 20.0. The average Bonchev–Trinajstić information content (AvgIpc) is 2.86. The zero-order valence-electron chi connectivity index (χ0n) is 20.2. The summed E-state index contributed by atoms with van der Waals surface area (Å²) in [5.41, 5.74) is 3.54. The van der Waals surface area contributed by atoms with Crippen molar-refractivity contribution in [2.45, 2.75) is 83.5 Å². The van der Waals surface area contributed by atoms with Gasteiger partial charge in [0.25, 0.3) is 0 Å². The van der Waals surface area contributed by atoms with Crippen LogP contribution in [-0.4, -0.2) is 0 Å². The van der Waals surface area contributed by atoms with Gasteiger partial charge in [-0.15, -0.1) is 0 Å². The maximum absolute atomic E-state index is 14.4. The molecule has 2 aromatic rings. The molecule has 4 rings (SSSR count). The lowest BCUT2D eigenvalue weighted by atomic mass is 9.80. The number of rotatable bonds is 7. The summed E-state index contributed by atoms with van der Waals surface area (Å²) in [4.78, 5) is 0. The van der Waals surface area contributed by atoms with E-state index in [1.54, 1.807) is 19.1 Å². The molecule has 0 nitrogen and oxygen atoms in total. The van der Waals surface area contributed by atoms with Crippen LogP contribution in [0.4, 0.5) is 8.78 Å². The second kappa shape index (κ2) is 11.3. The van der Waals surface area contributed by atoms with Gasteiger partial charge in [-0.1, -0.05) is 74.0 Å². The Morgan fingerprint density at radius 3 is 2.18 bits per heavy atom. The van der Waals surface area contributed by atoms with E-state index in [0.717, 1.165) is 37.5 Å². The molecule has 33 heavy (non-hydrogen) atoms. The molecule has 176 valence electrons. The molecule has 2 aromatic carbocycles. The van der Waals surface area contributed by atoms with E-state index in [2.05, 4.69) is 55.5 Å². The van der Waals surface area contributed by atoms with Gasteiger partial charge in [0.15, 0.2) is 11.6 Å². The Hall–Kier alpha value is -2.22. The molecule has 2 aliphatic rings. The predicted octanol–water partition coefficient (Wildman–Crippen LogP) is 9.20. The van der Waals surface area contributed by atoms with E-state index in [-0.39, 0.29) is 5.92 Å². The van der Waals surface area contributed by atoms with Gasteiger partial charge in [-0.05, 0) is 92.4 Å². The van der Waals surface area contributed by atoms with E-state index in [4.69, 9.17) is 0 Å². The molecule has 0 amide bonds. The van der Waals surface area contributed by atoms with E-state index in [1.807, 2.05) is 0 Å². The molecular weight excluding hydrogens is 410 g/mol. The smallest absolute Gasteiger partial charge is 0.162 e. The summed E-state index contributed by atoms with van der Waals surface area (Å²) in [6.45, 7) is 3.93. The highest BCUT2D eigenvalue weighted by atomic mass is 19.2. The van der Waals surface area contributed by atoms with Gasteiger partial charge < -0.3 is 0 Å². The van der Waals surface area contributed by atoms with E-state index in [9.17, 15) is 8.78 Å². The molecule has 2 atom stereocenters. The van der Waals surface area contributed by atoms with Crippen LogP contribution in [0.1, 0.15) is 92.4 Å². The topological polar surface area (TPSA) is 0 Å². The number of halogens is 2. The minimum absolute atomic E-state index is 0.0422. The molecule has 0 bridgehead atoms. The maximum atomic E-state index is 14.4. The maximum Gasteiger partial charge on any atom is 0.162 e. The molecule has 0 aliphatic heterocycles. The van der Waals surface area contributed by atoms with Gasteiger partial charge in [0.2, 0.25) is 0 Å². The first-order valence-electron chi connectivity index (χ1n) is 12.9. The lowest BCUT2D eigenvalue weighted by Crippen LogP contribution is -2.12. The van der Waals surface area contributed by atoms with Gasteiger partial charge in [0.05, 0.1) is 0 Å². The summed E-state index contributed by atoms with van der Waals surface area (Å²) >= 11 is 0. The van der Waals surface area contributed by atoms with E-state index < -0.39 is 11.6 Å². The second-order valence-electron chi connectivity index (χ2n) is 10.2. The summed E-state index contributed by atoms with van der Waals surface area (Å²) in [5.74, 6) is 0.672. The summed E-state index contributed by atoms with van der Waals surface area (Å²) in [5, 5.41) is 0. The molecule has 2 heteroatoms. The first-order valence-corrected chi connectivity index (χ1v) is 12.9. The third kappa shape index (κ3) is 6.02. The lowest BCUT2D eigenvalue weighted by molar-refractivity contribution is 0.303. The molecule has 0 radical (unpaired) electrons. The van der Waals surface area contributed by atoms with Crippen molar-refractivity contribution in [3.8, 4) is 0 Å². The Balaban J connectivity index is 1.27. The van der Waals surface area contributed by atoms with E-state index >= 15 is 0 Å². The first-order chi connectivity index (χ1) is 16.0. The minimum Gasteiger partial charge on any atom is -0.203 e. The van der Waals surface area contributed by atoms with Crippen molar-refractivity contribution in [3.63, 3.8) is 0 Å². The van der Waals surface area contributed by atoms with Crippen molar-refractivity contribution >= 4 is 0 Å². The van der Waals surface area contributed by atoms with Crippen LogP contribution in [0.15, 0.2) is 60.7 Å². The minimum atomic E-state index is -0.711. The first kappa shape index (κ1) is 23.9. The van der Waals surface area contributed by atoms with Crippen molar-refractivity contribution in [2.24, 2.45) is 11.8 Å². The molecular formula is C31H38F2. The Kier molecular flexibility index (Phi) is 8.17. The summed E-state index contributed by atoms with van der Waals surface area (Å²) in [6, 6.07) is 12.4. The molecule has 0 heterocycles. The van der Waals surface area contributed by atoms with Crippen molar-refractivity contribution in [1.29, 1.82) is 0 Å². The Bertz CT molecular complexity index is 961. The molecule has 1 fully saturated rings. The predicted molar refractivity (Wildman–Crippen MR) is 135 cm³/mol. The fourth-order valence-corrected chi connectivity index (χ4v) is 5.56. The second-order valence-corrected chi connectivity index (χ2v) is 10.2. The van der Waals surface area contributed by atoms with Crippen LogP contribution in [0.2, 0.25) is 0 Å². The molecule has 0 saturated heterocycles. The molecule has 1 saturated carbocycles. The standard InChI is InChI=1S/C31H38F2/c1-3-23-9-11-24(12-10-23)6-4-5-7-25-13-15-26(16-14-25)27-17-19-28(20-18-27)29-21-8-22(2)30(32)31(29)33/h4,6,8,13-17,19,21,23-24,27-28H,3,5,7,9-12,18,20H2,1-2H3/b6-4+. The van der Waals surface area contributed by atoms with Gasteiger partial charge in [-0.2, -0.15) is 0 Å². The zero-order valence-corrected chi connectivity index (χ0v) is 20.2. The van der Waals surface area contributed by atoms with Gasteiger partial charge in [-0.25, -0.2) is 8.78 Å². The van der Waals surface area contributed by atoms with Gasteiger partial charge in [0, 0.05) is 11.8 Å². The van der Waals surface area contributed by atoms with Gasteiger partial charge in [0.1, 0.15) is 0 Å². The van der Waals surface area contributed by atoms with E-state index in [1.165, 1.54) is 43.2 Å². The Labute approximate surface area is 198 Å². The van der Waals surface area contributed by atoms with Crippen LogP contribution < -0.4 is 0 Å². The molecule has 2 unspecified atom stereocenters. The Morgan fingerprint density at radius 2 is 1.52 bits per heavy atom. The average molecular weight is 449 g/mol.